The summed E-state index contributed by atoms with van der Waals surface area (Å²) in [6.45, 7) is 6.57. The third kappa shape index (κ3) is 3.13. The molecule has 7 nitrogen and oxygen atoms in total. The van der Waals surface area contributed by atoms with Crippen molar-refractivity contribution in [1.82, 2.24) is 10.2 Å². The Morgan fingerprint density at radius 1 is 1.48 bits per heavy atom. The maximum Gasteiger partial charge on any atom is 0.414 e. The van der Waals surface area contributed by atoms with E-state index in [1.54, 1.807) is 11.8 Å². The summed E-state index contributed by atoms with van der Waals surface area (Å²) in [5.74, 6) is 1.10. The predicted molar refractivity (Wildman–Crippen MR) is 85.6 cm³/mol. The zero-order valence-electron chi connectivity index (χ0n) is 13.5. The molecule has 0 bridgehead atoms. The molecule has 1 amide bonds. The molecule has 0 saturated carbocycles. The summed E-state index contributed by atoms with van der Waals surface area (Å²) in [6.07, 6.45) is 0.527. The van der Waals surface area contributed by atoms with E-state index in [1.807, 2.05) is 32.0 Å². The van der Waals surface area contributed by atoms with Gasteiger partial charge in [-0.2, -0.15) is 0 Å². The van der Waals surface area contributed by atoms with Crippen LogP contribution in [0, 0.1) is 6.92 Å². The molecule has 0 aliphatic carbocycles. The molecule has 0 radical (unpaired) electrons. The highest BCUT2D eigenvalue weighted by molar-refractivity contribution is 5.90. The number of amides is 1. The summed E-state index contributed by atoms with van der Waals surface area (Å²) in [5, 5.41) is 11.2. The number of aryl methyl sites for hydroxylation is 1. The van der Waals surface area contributed by atoms with Crippen LogP contribution in [0.4, 0.5) is 16.2 Å². The highest BCUT2D eigenvalue weighted by Gasteiger charge is 2.26. The number of rotatable bonds is 4. The molecule has 2 aromatic rings. The van der Waals surface area contributed by atoms with Gasteiger partial charge in [0.05, 0.1) is 12.3 Å². The number of fused-ring (bicyclic) bond motifs is 1. The Balaban J connectivity index is 1.73. The molecule has 1 aromatic heterocycles. The fourth-order valence-electron chi connectivity index (χ4n) is 2.68. The smallest absolute Gasteiger partial charge is 0.414 e. The second-order valence-corrected chi connectivity index (χ2v) is 5.47. The van der Waals surface area contributed by atoms with Crippen LogP contribution in [0.5, 0.6) is 0 Å². The first-order valence-electron chi connectivity index (χ1n) is 7.72. The van der Waals surface area contributed by atoms with Gasteiger partial charge in [-0.05, 0) is 44.0 Å². The van der Waals surface area contributed by atoms with Crippen LogP contribution in [0.1, 0.15) is 37.2 Å². The molecule has 0 saturated heterocycles. The topological polar surface area (TPSA) is 80.5 Å². The summed E-state index contributed by atoms with van der Waals surface area (Å²) in [5.41, 5.74) is 2.99. The number of anilines is 2. The lowest BCUT2D eigenvalue weighted by Gasteiger charge is -2.17. The average Bonchev–Trinajstić information content (AvgIpc) is 3.13. The van der Waals surface area contributed by atoms with Crippen molar-refractivity contribution in [3.05, 3.63) is 35.5 Å². The van der Waals surface area contributed by atoms with Gasteiger partial charge < -0.3 is 14.5 Å². The van der Waals surface area contributed by atoms with Gasteiger partial charge in [0.2, 0.25) is 11.8 Å². The minimum absolute atomic E-state index is 0.0863. The molecule has 122 valence electrons. The number of carbonyl (C=O) groups is 1. The Bertz CT molecular complexity index is 713. The van der Waals surface area contributed by atoms with Crippen molar-refractivity contribution in [2.45, 2.75) is 33.2 Å². The van der Waals surface area contributed by atoms with Crippen molar-refractivity contribution in [2.24, 2.45) is 0 Å². The van der Waals surface area contributed by atoms with E-state index in [0.29, 0.717) is 24.9 Å². The minimum atomic E-state index is -0.290. The minimum Gasteiger partial charge on any atom is -0.449 e. The maximum atomic E-state index is 11.9. The number of ether oxygens (including phenoxy) is 1. The van der Waals surface area contributed by atoms with Gasteiger partial charge in [-0.1, -0.05) is 0 Å². The van der Waals surface area contributed by atoms with E-state index in [2.05, 4.69) is 15.5 Å². The molecular weight excluding hydrogens is 296 g/mol. The second kappa shape index (κ2) is 6.28. The molecule has 1 unspecified atom stereocenters. The molecular formula is C16H20N4O3. The first-order chi connectivity index (χ1) is 11.1. The molecule has 23 heavy (non-hydrogen) atoms. The van der Waals surface area contributed by atoms with E-state index in [4.69, 9.17) is 9.15 Å². The summed E-state index contributed by atoms with van der Waals surface area (Å²) in [4.78, 5) is 13.6. The molecule has 1 N–H and O–H groups in total. The maximum absolute atomic E-state index is 11.9. The van der Waals surface area contributed by atoms with Crippen molar-refractivity contribution in [3.8, 4) is 0 Å². The van der Waals surface area contributed by atoms with Gasteiger partial charge in [-0.15, -0.1) is 10.2 Å². The van der Waals surface area contributed by atoms with Crippen LogP contribution in [0.15, 0.2) is 22.6 Å². The predicted octanol–water partition coefficient (Wildman–Crippen LogP) is 3.07. The summed E-state index contributed by atoms with van der Waals surface area (Å²) in [6, 6.07) is 5.84. The number of hydrogen-bond donors (Lipinski definition) is 1. The quantitative estimate of drug-likeness (QED) is 0.933. The van der Waals surface area contributed by atoms with Gasteiger partial charge in [-0.3, -0.25) is 4.90 Å². The lowest BCUT2D eigenvalue weighted by Crippen LogP contribution is -2.29. The lowest BCUT2D eigenvalue weighted by atomic mass is 10.1. The molecule has 7 heteroatoms. The van der Waals surface area contributed by atoms with E-state index in [1.165, 1.54) is 0 Å². The van der Waals surface area contributed by atoms with Crippen molar-refractivity contribution in [1.29, 1.82) is 0 Å². The van der Waals surface area contributed by atoms with E-state index >= 15 is 0 Å². The SMILES string of the molecule is CCOC(=O)N1CCc2cc(NC(C)c3nnc(C)o3)ccc21. The van der Waals surface area contributed by atoms with Crippen molar-refractivity contribution >= 4 is 17.5 Å². The van der Waals surface area contributed by atoms with Gasteiger partial charge >= 0.3 is 6.09 Å². The Morgan fingerprint density at radius 3 is 3.00 bits per heavy atom. The fraction of sp³-hybridized carbons (Fsp3) is 0.438. The van der Waals surface area contributed by atoms with Gasteiger partial charge in [0, 0.05) is 19.2 Å². The molecule has 3 rings (SSSR count). The highest BCUT2D eigenvalue weighted by Crippen LogP contribution is 2.32. The van der Waals surface area contributed by atoms with E-state index < -0.39 is 0 Å². The number of benzene rings is 1. The standard InChI is InChI=1S/C16H20N4O3/c1-4-22-16(21)20-8-7-12-9-13(5-6-14(12)20)17-10(2)15-19-18-11(3)23-15/h5-6,9-10,17H,4,7-8H2,1-3H3. The Morgan fingerprint density at radius 2 is 2.30 bits per heavy atom. The Kier molecular flexibility index (Phi) is 4.18. The fourth-order valence-corrected chi connectivity index (χ4v) is 2.68. The van der Waals surface area contributed by atoms with Crippen molar-refractivity contribution in [2.75, 3.05) is 23.4 Å². The largest absolute Gasteiger partial charge is 0.449 e. The van der Waals surface area contributed by atoms with Gasteiger partial charge in [-0.25, -0.2) is 4.79 Å². The molecule has 2 heterocycles. The first kappa shape index (κ1) is 15.3. The van der Waals surface area contributed by atoms with E-state index in [0.717, 1.165) is 23.4 Å². The van der Waals surface area contributed by atoms with Crippen molar-refractivity contribution < 1.29 is 13.9 Å². The van der Waals surface area contributed by atoms with Gasteiger partial charge in [0.1, 0.15) is 6.04 Å². The zero-order chi connectivity index (χ0) is 16.4. The van der Waals surface area contributed by atoms with Crippen LogP contribution in [-0.2, 0) is 11.2 Å². The van der Waals surface area contributed by atoms with Crippen LogP contribution in [0.3, 0.4) is 0 Å². The van der Waals surface area contributed by atoms with Crippen LogP contribution >= 0.6 is 0 Å². The van der Waals surface area contributed by atoms with Gasteiger partial charge in [0.15, 0.2) is 0 Å². The molecule has 1 aliphatic rings. The van der Waals surface area contributed by atoms with Crippen LogP contribution in [0.2, 0.25) is 0 Å². The number of carbonyl (C=O) groups excluding carboxylic acids is 1. The van der Waals surface area contributed by atoms with Gasteiger partial charge in [0.25, 0.3) is 0 Å². The first-order valence-corrected chi connectivity index (χ1v) is 7.72. The van der Waals surface area contributed by atoms with Crippen LogP contribution in [0.25, 0.3) is 0 Å². The second-order valence-electron chi connectivity index (χ2n) is 5.47. The molecule has 0 spiro atoms. The third-order valence-electron chi connectivity index (χ3n) is 3.76. The monoisotopic (exact) mass is 316 g/mol. The zero-order valence-corrected chi connectivity index (χ0v) is 13.5. The summed E-state index contributed by atoms with van der Waals surface area (Å²) < 4.78 is 10.5. The van der Waals surface area contributed by atoms with Crippen LogP contribution in [-0.4, -0.2) is 29.4 Å². The number of nitrogens with zero attached hydrogens (tertiary/aromatic N) is 3. The molecule has 1 atom stereocenters. The van der Waals surface area contributed by atoms with E-state index in [-0.39, 0.29) is 12.1 Å². The molecule has 1 aromatic carbocycles. The van der Waals surface area contributed by atoms with Crippen molar-refractivity contribution in [3.63, 3.8) is 0 Å². The average molecular weight is 316 g/mol. The number of nitrogens with one attached hydrogen (secondary N) is 1. The highest BCUT2D eigenvalue weighted by atomic mass is 16.6. The van der Waals surface area contributed by atoms with Crippen LogP contribution < -0.4 is 10.2 Å². The Hall–Kier alpha value is -2.57. The number of hydrogen-bond acceptors (Lipinski definition) is 6. The Labute approximate surface area is 134 Å². The number of aromatic nitrogens is 2. The van der Waals surface area contributed by atoms with E-state index in [9.17, 15) is 4.79 Å². The normalized spacial score (nSPS) is 14.5. The third-order valence-corrected chi connectivity index (χ3v) is 3.76. The molecule has 0 fully saturated rings. The summed E-state index contributed by atoms with van der Waals surface area (Å²) in [7, 11) is 0. The molecule has 1 aliphatic heterocycles. The summed E-state index contributed by atoms with van der Waals surface area (Å²) >= 11 is 0. The lowest BCUT2D eigenvalue weighted by molar-refractivity contribution is 0.160.